The summed E-state index contributed by atoms with van der Waals surface area (Å²) in [7, 11) is 1.35. The predicted octanol–water partition coefficient (Wildman–Crippen LogP) is 2.15. The summed E-state index contributed by atoms with van der Waals surface area (Å²) in [6, 6.07) is 0. The molecule has 0 N–H and O–H groups in total. The van der Waals surface area contributed by atoms with E-state index < -0.39 is 12.0 Å². The monoisotopic (exact) mass is 357 g/mol. The molecule has 1 saturated heterocycles. The van der Waals surface area contributed by atoms with Gasteiger partial charge in [-0.2, -0.15) is 17.7 Å². The van der Waals surface area contributed by atoms with E-state index in [9.17, 15) is 18.0 Å². The van der Waals surface area contributed by atoms with Crippen LogP contribution in [0.2, 0.25) is 0 Å². The van der Waals surface area contributed by atoms with Crippen LogP contribution in [0.15, 0.2) is 0 Å². The molecule has 2 aromatic rings. The highest BCUT2D eigenvalue weighted by Crippen LogP contribution is 2.31. The minimum absolute atomic E-state index is 0.0954. The molecular formula is C15H18F3N5O2. The summed E-state index contributed by atoms with van der Waals surface area (Å²) in [4.78, 5) is 13.5. The molecule has 0 bridgehead atoms. The number of hydrogen-bond donors (Lipinski definition) is 0. The molecule has 3 heterocycles. The van der Waals surface area contributed by atoms with E-state index in [0.29, 0.717) is 37.3 Å². The van der Waals surface area contributed by atoms with Gasteiger partial charge in [0.2, 0.25) is 0 Å². The van der Waals surface area contributed by atoms with Crippen molar-refractivity contribution in [3.63, 3.8) is 0 Å². The van der Waals surface area contributed by atoms with E-state index in [2.05, 4.69) is 15.3 Å². The SMILES string of the molecule is COC(=O)C1CCN(c2nn3c(C(F)(F)F)nnc3c(C)c2C)CC1. The van der Waals surface area contributed by atoms with Gasteiger partial charge >= 0.3 is 12.1 Å². The second-order valence-corrected chi connectivity index (χ2v) is 6.11. The molecule has 0 aliphatic carbocycles. The van der Waals surface area contributed by atoms with Crippen LogP contribution >= 0.6 is 0 Å². The molecule has 3 rings (SSSR count). The first-order valence-electron chi connectivity index (χ1n) is 7.86. The van der Waals surface area contributed by atoms with Crippen molar-refractivity contribution in [3.8, 4) is 0 Å². The number of esters is 1. The Hall–Kier alpha value is -2.39. The predicted molar refractivity (Wildman–Crippen MR) is 82.2 cm³/mol. The number of nitrogens with zero attached hydrogens (tertiary/aromatic N) is 5. The average Bonchev–Trinajstić information content (AvgIpc) is 3.02. The van der Waals surface area contributed by atoms with E-state index in [1.54, 1.807) is 13.8 Å². The van der Waals surface area contributed by atoms with Crippen LogP contribution in [-0.4, -0.2) is 46.0 Å². The molecule has 0 aromatic carbocycles. The lowest BCUT2D eigenvalue weighted by molar-refractivity contribution is -0.147. The maximum absolute atomic E-state index is 13.1. The van der Waals surface area contributed by atoms with E-state index >= 15 is 0 Å². The number of methoxy groups -OCH3 is 1. The number of anilines is 1. The second-order valence-electron chi connectivity index (χ2n) is 6.11. The molecular weight excluding hydrogens is 339 g/mol. The van der Waals surface area contributed by atoms with Crippen LogP contribution in [0.1, 0.15) is 29.8 Å². The summed E-state index contributed by atoms with van der Waals surface area (Å²) >= 11 is 0. The highest BCUT2D eigenvalue weighted by molar-refractivity contribution is 5.72. The quantitative estimate of drug-likeness (QED) is 0.767. The molecule has 0 unspecified atom stereocenters. The molecule has 1 aliphatic heterocycles. The van der Waals surface area contributed by atoms with Crippen molar-refractivity contribution in [3.05, 3.63) is 17.0 Å². The number of halogens is 3. The smallest absolute Gasteiger partial charge is 0.453 e. The van der Waals surface area contributed by atoms with Crippen LogP contribution in [0.3, 0.4) is 0 Å². The molecule has 1 aliphatic rings. The zero-order valence-electron chi connectivity index (χ0n) is 14.1. The van der Waals surface area contributed by atoms with Crippen molar-refractivity contribution in [1.29, 1.82) is 0 Å². The highest BCUT2D eigenvalue weighted by Gasteiger charge is 2.38. The van der Waals surface area contributed by atoms with Gasteiger partial charge in [-0.1, -0.05) is 0 Å². The molecule has 136 valence electrons. The highest BCUT2D eigenvalue weighted by atomic mass is 19.4. The van der Waals surface area contributed by atoms with Gasteiger partial charge in [-0.05, 0) is 26.7 Å². The topological polar surface area (TPSA) is 72.6 Å². The molecule has 1 fully saturated rings. The van der Waals surface area contributed by atoms with Crippen LogP contribution in [0.5, 0.6) is 0 Å². The second kappa shape index (κ2) is 6.16. The minimum Gasteiger partial charge on any atom is -0.469 e. The van der Waals surface area contributed by atoms with Crippen LogP contribution < -0.4 is 4.90 Å². The Morgan fingerprint density at radius 1 is 1.16 bits per heavy atom. The zero-order chi connectivity index (χ0) is 18.4. The van der Waals surface area contributed by atoms with Gasteiger partial charge in [0.05, 0.1) is 13.0 Å². The number of ether oxygens (including phenoxy) is 1. The average molecular weight is 357 g/mol. The number of carbonyl (C=O) groups excluding carboxylic acids is 1. The summed E-state index contributed by atoms with van der Waals surface area (Å²) in [6.07, 6.45) is -3.50. The first-order valence-corrected chi connectivity index (χ1v) is 7.86. The Labute approximate surface area is 141 Å². The van der Waals surface area contributed by atoms with Gasteiger partial charge in [-0.15, -0.1) is 15.3 Å². The van der Waals surface area contributed by atoms with E-state index in [1.807, 2.05) is 4.90 Å². The number of fused-ring (bicyclic) bond motifs is 1. The molecule has 7 nitrogen and oxygen atoms in total. The third-order valence-electron chi connectivity index (χ3n) is 4.65. The molecule has 10 heteroatoms. The molecule has 0 spiro atoms. The van der Waals surface area contributed by atoms with E-state index in [0.717, 1.165) is 10.1 Å². The van der Waals surface area contributed by atoms with Crippen LogP contribution in [-0.2, 0) is 15.7 Å². The third-order valence-corrected chi connectivity index (χ3v) is 4.65. The number of aryl methyl sites for hydroxylation is 1. The first-order chi connectivity index (χ1) is 11.7. The van der Waals surface area contributed by atoms with Gasteiger partial charge in [0.25, 0.3) is 5.82 Å². The summed E-state index contributed by atoms with van der Waals surface area (Å²) in [5.41, 5.74) is 1.45. The fourth-order valence-corrected chi connectivity index (χ4v) is 3.08. The lowest BCUT2D eigenvalue weighted by atomic mass is 9.96. The molecule has 0 atom stereocenters. The van der Waals surface area contributed by atoms with E-state index in [4.69, 9.17) is 4.74 Å². The van der Waals surface area contributed by atoms with Gasteiger partial charge in [-0.25, -0.2) is 0 Å². The first kappa shape index (κ1) is 17.4. The molecule has 25 heavy (non-hydrogen) atoms. The number of alkyl halides is 3. The summed E-state index contributed by atoms with van der Waals surface area (Å²) in [5, 5.41) is 11.0. The normalized spacial score (nSPS) is 16.5. The lowest BCUT2D eigenvalue weighted by Gasteiger charge is -2.32. The van der Waals surface area contributed by atoms with Crippen molar-refractivity contribution in [1.82, 2.24) is 19.8 Å². The van der Waals surface area contributed by atoms with Crippen molar-refractivity contribution in [2.24, 2.45) is 5.92 Å². The van der Waals surface area contributed by atoms with Crippen LogP contribution in [0.4, 0.5) is 19.0 Å². The minimum atomic E-state index is -4.64. The number of aromatic nitrogens is 4. The summed E-state index contributed by atoms with van der Waals surface area (Å²) in [5.74, 6) is -1.13. The molecule has 0 amide bonds. The molecule has 0 radical (unpaired) electrons. The fourth-order valence-electron chi connectivity index (χ4n) is 3.08. The standard InChI is InChI=1S/C15H18F3N5O2/c1-8-9(2)12(22-6-4-10(5-7-22)13(24)25-3)21-23-11(8)19-20-14(23)15(16,17)18/h10H,4-7H2,1-3H3. The summed E-state index contributed by atoms with van der Waals surface area (Å²) in [6.45, 7) is 4.53. The van der Waals surface area contributed by atoms with Gasteiger partial charge in [-0.3, -0.25) is 4.79 Å². The summed E-state index contributed by atoms with van der Waals surface area (Å²) < 4.78 is 44.8. The van der Waals surface area contributed by atoms with Crippen molar-refractivity contribution < 1.29 is 22.7 Å². The van der Waals surface area contributed by atoms with Crippen LogP contribution in [0.25, 0.3) is 5.65 Å². The Kier molecular flexibility index (Phi) is 4.29. The Bertz CT molecular complexity index is 810. The number of rotatable bonds is 2. The van der Waals surface area contributed by atoms with E-state index in [-0.39, 0.29) is 17.5 Å². The Morgan fingerprint density at radius 2 is 1.80 bits per heavy atom. The van der Waals surface area contributed by atoms with Crippen molar-refractivity contribution >= 4 is 17.4 Å². The third kappa shape index (κ3) is 3.00. The molecule has 2 aromatic heterocycles. The number of carbonyl (C=O) groups is 1. The fraction of sp³-hybridized carbons (Fsp3) is 0.600. The Balaban J connectivity index is 1.97. The van der Waals surface area contributed by atoms with Gasteiger partial charge in [0.15, 0.2) is 11.5 Å². The zero-order valence-corrected chi connectivity index (χ0v) is 14.1. The lowest BCUT2D eigenvalue weighted by Crippen LogP contribution is -2.38. The Morgan fingerprint density at radius 3 is 2.36 bits per heavy atom. The van der Waals surface area contributed by atoms with Gasteiger partial charge in [0.1, 0.15) is 0 Å². The maximum atomic E-state index is 13.1. The number of hydrogen-bond acceptors (Lipinski definition) is 6. The van der Waals surface area contributed by atoms with Crippen molar-refractivity contribution in [2.75, 3.05) is 25.1 Å². The van der Waals surface area contributed by atoms with Gasteiger partial charge < -0.3 is 9.64 Å². The number of piperidine rings is 1. The van der Waals surface area contributed by atoms with Crippen LogP contribution in [0, 0.1) is 19.8 Å². The largest absolute Gasteiger partial charge is 0.469 e. The molecule has 0 saturated carbocycles. The van der Waals surface area contributed by atoms with Gasteiger partial charge in [0, 0.05) is 24.2 Å². The maximum Gasteiger partial charge on any atom is 0.453 e. The van der Waals surface area contributed by atoms with E-state index in [1.165, 1.54) is 7.11 Å². The van der Waals surface area contributed by atoms with Crippen molar-refractivity contribution in [2.45, 2.75) is 32.9 Å².